The fraction of sp³-hybridized carbons (Fsp3) is 0.250. The Hall–Kier alpha value is -4.30. The number of nitrogens with zero attached hydrogens (tertiary/aromatic N) is 2. The van der Waals surface area contributed by atoms with E-state index in [2.05, 4.69) is 59.3 Å². The first-order chi connectivity index (χ1) is 18.9. The van der Waals surface area contributed by atoms with Gasteiger partial charge in [0.2, 0.25) is 5.69 Å². The van der Waals surface area contributed by atoms with Crippen molar-refractivity contribution in [1.82, 2.24) is 9.97 Å². The summed E-state index contributed by atoms with van der Waals surface area (Å²) in [6.07, 6.45) is 3.66. The normalized spacial score (nSPS) is 20.9. The maximum Gasteiger partial charge on any atom is 0.258 e. The molecule has 3 aromatic rings. The molecule has 6 rings (SSSR count). The Kier molecular flexibility index (Phi) is 5.58. The first kappa shape index (κ1) is 26.0. The van der Waals surface area contributed by atoms with E-state index in [9.17, 15) is 14.7 Å². The number of carbonyl (C=O) groups excluding carboxylic acids is 1. The number of hydrogen-bond acceptors (Lipinski definition) is 5. The molecule has 0 saturated heterocycles. The summed E-state index contributed by atoms with van der Waals surface area (Å²) in [5.74, 6) is -0.829. The van der Waals surface area contributed by atoms with Crippen molar-refractivity contribution in [2.24, 2.45) is 0 Å². The molecule has 0 radical (unpaired) electrons. The summed E-state index contributed by atoms with van der Waals surface area (Å²) >= 11 is 5.03. The van der Waals surface area contributed by atoms with Gasteiger partial charge in [-0.1, -0.05) is 50.2 Å². The van der Waals surface area contributed by atoms with Gasteiger partial charge in [0.05, 0.1) is 11.0 Å². The number of likely N-dealkylation sites (N-methyl/N-ethyl adjacent to an activating group) is 1. The second-order valence-electron chi connectivity index (χ2n) is 11.6. The predicted octanol–water partition coefficient (Wildman–Crippen LogP) is 4.79. The number of fused-ring (bicyclic) bond motifs is 2. The van der Waals surface area contributed by atoms with Crippen LogP contribution in [0.4, 0.5) is 11.4 Å². The zero-order chi connectivity index (χ0) is 28.7. The van der Waals surface area contributed by atoms with Crippen LogP contribution in [0.2, 0.25) is 0 Å². The Morgan fingerprint density at radius 2 is 1.57 bits per heavy atom. The Bertz CT molecular complexity index is 1900. The number of Topliss-reactive ketones (excluding diaryl/α,β-unsaturated/α-hetero) is 1. The summed E-state index contributed by atoms with van der Waals surface area (Å²) in [6.45, 7) is 8.43. The van der Waals surface area contributed by atoms with E-state index in [0.29, 0.717) is 16.7 Å². The van der Waals surface area contributed by atoms with E-state index >= 15 is 0 Å². The third kappa shape index (κ3) is 3.48. The maximum absolute atomic E-state index is 13.9. The molecule has 2 N–H and O–H groups in total. The Balaban J connectivity index is 1.60. The SMILES string of the molecule is CN1C(=CC2=C(c3c([O-])[nH]c(=S)[nH]c3=O)C(=CC3=[N+](C)c4ccccc4C3(C)C)C2=O)C(C)(C)c2ccccc21. The Labute approximate surface area is 237 Å². The van der Waals surface area contributed by atoms with Crippen LogP contribution in [0.3, 0.4) is 0 Å². The molecule has 2 aromatic carbocycles. The van der Waals surface area contributed by atoms with Gasteiger partial charge in [0.25, 0.3) is 5.56 Å². The largest absolute Gasteiger partial charge is 0.860 e. The molecule has 1 aromatic heterocycles. The van der Waals surface area contributed by atoms with Gasteiger partial charge in [-0.3, -0.25) is 14.6 Å². The van der Waals surface area contributed by atoms with Crippen molar-refractivity contribution in [3.63, 3.8) is 0 Å². The van der Waals surface area contributed by atoms with Crippen molar-refractivity contribution in [1.29, 1.82) is 0 Å². The number of aromatic amines is 2. The minimum absolute atomic E-state index is 0.0518. The number of H-pyrrole nitrogens is 2. The number of para-hydroxylation sites is 2. The van der Waals surface area contributed by atoms with Crippen LogP contribution in [-0.2, 0) is 15.6 Å². The number of ketones is 1. The fourth-order valence-electron chi connectivity index (χ4n) is 6.48. The number of allylic oxidation sites excluding steroid dienone is 6. The monoisotopic (exact) mass is 550 g/mol. The lowest BCUT2D eigenvalue weighted by Gasteiger charge is -2.30. The number of hydrogen-bond donors (Lipinski definition) is 2. The van der Waals surface area contributed by atoms with Crippen LogP contribution in [0, 0.1) is 4.77 Å². The van der Waals surface area contributed by atoms with Crippen molar-refractivity contribution in [2.45, 2.75) is 38.5 Å². The lowest BCUT2D eigenvalue weighted by molar-refractivity contribution is -0.401. The van der Waals surface area contributed by atoms with E-state index in [1.54, 1.807) is 0 Å². The maximum atomic E-state index is 13.9. The van der Waals surface area contributed by atoms with Gasteiger partial charge < -0.3 is 15.0 Å². The minimum atomic E-state index is -0.618. The van der Waals surface area contributed by atoms with Gasteiger partial charge in [0, 0.05) is 58.3 Å². The van der Waals surface area contributed by atoms with E-state index in [1.165, 1.54) is 0 Å². The third-order valence-electron chi connectivity index (χ3n) is 8.63. The highest BCUT2D eigenvalue weighted by molar-refractivity contribution is 7.71. The van der Waals surface area contributed by atoms with E-state index in [4.69, 9.17) is 12.2 Å². The standard InChI is InChI=1S/C32H30N4O3S/c1-31(2)19-11-7-9-13-21(19)35(5)23(31)15-17-25(26-28(38)33-30(40)34-29(26)39)18(27(17)37)16-24-32(3,4)20-12-8-10-14-22(20)36(24)6/h7-16H,1-6H3,(H2-,33,34,37,38,39,40). The lowest BCUT2D eigenvalue weighted by Crippen LogP contribution is -2.32. The number of benzene rings is 2. The lowest BCUT2D eigenvalue weighted by atomic mass is 9.73. The van der Waals surface area contributed by atoms with Gasteiger partial charge in [0.15, 0.2) is 16.3 Å². The fourth-order valence-corrected chi connectivity index (χ4v) is 6.67. The molecule has 0 unspecified atom stereocenters. The topological polar surface area (TPSA) is 95.0 Å². The van der Waals surface area contributed by atoms with Crippen LogP contribution >= 0.6 is 12.2 Å². The van der Waals surface area contributed by atoms with Crippen molar-refractivity contribution in [2.75, 3.05) is 19.0 Å². The molecule has 3 heterocycles. The molecule has 0 amide bonds. The Morgan fingerprint density at radius 1 is 0.925 bits per heavy atom. The second-order valence-corrected chi connectivity index (χ2v) is 12.0. The van der Waals surface area contributed by atoms with Gasteiger partial charge in [-0.2, -0.15) is 4.58 Å². The van der Waals surface area contributed by atoms with Gasteiger partial charge >= 0.3 is 0 Å². The molecule has 202 valence electrons. The molecule has 8 heteroatoms. The number of aromatic nitrogens is 2. The smallest absolute Gasteiger partial charge is 0.258 e. The van der Waals surface area contributed by atoms with Crippen LogP contribution in [0.25, 0.3) is 5.57 Å². The molecule has 40 heavy (non-hydrogen) atoms. The summed E-state index contributed by atoms with van der Waals surface area (Å²) in [7, 11) is 3.93. The average molecular weight is 551 g/mol. The molecule has 0 saturated carbocycles. The summed E-state index contributed by atoms with van der Waals surface area (Å²) < 4.78 is 2.01. The average Bonchev–Trinajstić information content (AvgIpc) is 3.22. The molecule has 0 bridgehead atoms. The molecule has 0 atom stereocenters. The van der Waals surface area contributed by atoms with Crippen molar-refractivity contribution >= 4 is 40.7 Å². The van der Waals surface area contributed by atoms with Crippen LogP contribution in [0.15, 0.2) is 82.3 Å². The van der Waals surface area contributed by atoms with Crippen molar-refractivity contribution < 1.29 is 14.5 Å². The van der Waals surface area contributed by atoms with E-state index in [-0.39, 0.29) is 16.1 Å². The summed E-state index contributed by atoms with van der Waals surface area (Å²) in [5, 5.41) is 13.1. The van der Waals surface area contributed by atoms with Crippen LogP contribution < -0.4 is 15.6 Å². The van der Waals surface area contributed by atoms with Crippen LogP contribution in [-0.4, -0.2) is 40.1 Å². The molecular weight excluding hydrogens is 520 g/mol. The molecule has 7 nitrogen and oxygen atoms in total. The summed E-state index contributed by atoms with van der Waals surface area (Å²) in [4.78, 5) is 34.2. The van der Waals surface area contributed by atoms with Crippen LogP contribution in [0.5, 0.6) is 5.88 Å². The summed E-state index contributed by atoms with van der Waals surface area (Å²) in [6, 6.07) is 16.2. The molecule has 2 aliphatic heterocycles. The van der Waals surface area contributed by atoms with Crippen molar-refractivity contribution in [3.05, 3.63) is 109 Å². The number of nitrogens with one attached hydrogen (secondary N) is 2. The zero-order valence-electron chi connectivity index (χ0n) is 23.3. The van der Waals surface area contributed by atoms with E-state index < -0.39 is 22.3 Å². The quantitative estimate of drug-likeness (QED) is 0.278. The second kappa shape index (κ2) is 8.60. The molecular formula is C32H30N4O3S. The highest BCUT2D eigenvalue weighted by Crippen LogP contribution is 2.49. The number of carbonyl (C=O) groups is 1. The predicted molar refractivity (Wildman–Crippen MR) is 158 cm³/mol. The van der Waals surface area contributed by atoms with Crippen LogP contribution in [0.1, 0.15) is 44.4 Å². The minimum Gasteiger partial charge on any atom is -0.860 e. The molecule has 1 aliphatic carbocycles. The highest BCUT2D eigenvalue weighted by Gasteiger charge is 2.46. The third-order valence-corrected chi connectivity index (χ3v) is 8.83. The van der Waals surface area contributed by atoms with Crippen molar-refractivity contribution in [3.8, 4) is 5.88 Å². The zero-order valence-corrected chi connectivity index (χ0v) is 24.1. The molecule has 0 fully saturated rings. The van der Waals surface area contributed by atoms with Gasteiger partial charge in [-0.15, -0.1) is 0 Å². The van der Waals surface area contributed by atoms with Gasteiger partial charge in [-0.05, 0) is 49.7 Å². The van der Waals surface area contributed by atoms with Gasteiger partial charge in [0.1, 0.15) is 7.05 Å². The highest BCUT2D eigenvalue weighted by atomic mass is 32.1. The first-order valence-electron chi connectivity index (χ1n) is 13.2. The molecule has 3 aliphatic rings. The molecule has 0 spiro atoms. The van der Waals surface area contributed by atoms with E-state index in [1.807, 2.05) is 62.6 Å². The van der Waals surface area contributed by atoms with E-state index in [0.717, 1.165) is 33.9 Å². The Morgan fingerprint density at radius 3 is 2.23 bits per heavy atom. The van der Waals surface area contributed by atoms with Gasteiger partial charge in [-0.25, -0.2) is 0 Å². The number of rotatable bonds is 3. The first-order valence-corrected chi connectivity index (χ1v) is 13.6. The summed E-state index contributed by atoms with van der Waals surface area (Å²) in [5.41, 5.74) is 5.68. The number of anilines is 1.